The van der Waals surface area contributed by atoms with Crippen molar-refractivity contribution in [1.29, 1.82) is 0 Å². The molecule has 1 aliphatic heterocycles. The van der Waals surface area contributed by atoms with E-state index in [1.807, 2.05) is 0 Å². The van der Waals surface area contributed by atoms with Crippen LogP contribution in [0.15, 0.2) is 0 Å². The smallest absolute Gasteiger partial charge is 0.334 e. The van der Waals surface area contributed by atoms with Crippen LogP contribution in [0.4, 0.5) is 4.79 Å². The van der Waals surface area contributed by atoms with Crippen molar-refractivity contribution >= 4 is 23.8 Å². The van der Waals surface area contributed by atoms with Crippen LogP contribution in [0.1, 0.15) is 58.3 Å². The molecule has 0 spiro atoms. The molecule has 0 aromatic rings. The summed E-state index contributed by atoms with van der Waals surface area (Å²) in [5.74, 6) is -1.63. The molecule has 7 nitrogen and oxygen atoms in total. The first-order valence-corrected chi connectivity index (χ1v) is 8.97. The number of hydrogen-bond donors (Lipinski definition) is 1. The van der Waals surface area contributed by atoms with Gasteiger partial charge in [-0.1, -0.05) is 32.6 Å². The van der Waals surface area contributed by atoms with E-state index in [-0.39, 0.29) is 24.5 Å². The first-order valence-electron chi connectivity index (χ1n) is 8.97. The molecule has 0 radical (unpaired) electrons. The zero-order chi connectivity index (χ0) is 17.3. The van der Waals surface area contributed by atoms with Crippen LogP contribution in [-0.2, 0) is 14.4 Å². The summed E-state index contributed by atoms with van der Waals surface area (Å²) in [6.45, 7) is 1.73. The van der Waals surface area contributed by atoms with Gasteiger partial charge in [-0.15, -0.1) is 0 Å². The van der Waals surface area contributed by atoms with Gasteiger partial charge in [-0.05, 0) is 31.6 Å². The SMILES string of the molecule is C[C@@H]1CCCC[C@H]1NC(=O)CN1C(=O)C(=O)N(C2CCCC2)C1=O. The molecule has 2 aliphatic carbocycles. The number of nitrogens with zero attached hydrogens (tertiary/aromatic N) is 2. The number of hydrogen-bond acceptors (Lipinski definition) is 4. The second-order valence-corrected chi connectivity index (χ2v) is 7.22. The standard InChI is InChI=1S/C17H25N3O4/c1-11-6-2-5-9-13(11)18-14(21)10-19-15(22)16(23)20(17(19)24)12-7-3-4-8-12/h11-13H,2-10H2,1H3,(H,18,21)/t11-,13-/m1/s1. The third-order valence-electron chi connectivity index (χ3n) is 5.53. The normalized spacial score (nSPS) is 28.8. The van der Waals surface area contributed by atoms with Crippen LogP contribution in [0, 0.1) is 5.92 Å². The Morgan fingerprint density at radius 1 is 1.00 bits per heavy atom. The van der Waals surface area contributed by atoms with E-state index in [9.17, 15) is 19.2 Å². The van der Waals surface area contributed by atoms with Crippen molar-refractivity contribution in [3.05, 3.63) is 0 Å². The van der Waals surface area contributed by atoms with Crippen LogP contribution in [-0.4, -0.2) is 52.2 Å². The molecule has 0 aromatic heterocycles. The predicted molar refractivity (Wildman–Crippen MR) is 85.8 cm³/mol. The van der Waals surface area contributed by atoms with Gasteiger partial charge < -0.3 is 5.32 Å². The molecule has 1 heterocycles. The van der Waals surface area contributed by atoms with Crippen LogP contribution < -0.4 is 5.32 Å². The molecule has 0 unspecified atom stereocenters. The number of carbonyl (C=O) groups excluding carboxylic acids is 4. The van der Waals surface area contributed by atoms with Gasteiger partial charge >= 0.3 is 17.8 Å². The van der Waals surface area contributed by atoms with Gasteiger partial charge in [0.1, 0.15) is 6.54 Å². The van der Waals surface area contributed by atoms with Crippen molar-refractivity contribution in [3.63, 3.8) is 0 Å². The second-order valence-electron chi connectivity index (χ2n) is 7.22. The number of imide groups is 2. The lowest BCUT2D eigenvalue weighted by molar-refractivity contribution is -0.144. The van der Waals surface area contributed by atoms with E-state index >= 15 is 0 Å². The van der Waals surface area contributed by atoms with Gasteiger partial charge in [-0.25, -0.2) is 9.69 Å². The van der Waals surface area contributed by atoms with Crippen LogP contribution >= 0.6 is 0 Å². The molecule has 5 amide bonds. The highest BCUT2D eigenvalue weighted by molar-refractivity contribution is 6.45. The summed E-state index contributed by atoms with van der Waals surface area (Å²) in [5.41, 5.74) is 0. The highest BCUT2D eigenvalue weighted by Crippen LogP contribution is 2.28. The maximum absolute atomic E-state index is 12.4. The Labute approximate surface area is 141 Å². The zero-order valence-electron chi connectivity index (χ0n) is 14.1. The Bertz CT molecular complexity index is 556. The van der Waals surface area contributed by atoms with E-state index in [1.54, 1.807) is 0 Å². The molecule has 1 saturated heterocycles. The monoisotopic (exact) mass is 335 g/mol. The molecule has 3 rings (SSSR count). The van der Waals surface area contributed by atoms with Crippen molar-refractivity contribution in [3.8, 4) is 0 Å². The number of rotatable bonds is 4. The Morgan fingerprint density at radius 3 is 2.29 bits per heavy atom. The Morgan fingerprint density at radius 2 is 1.62 bits per heavy atom. The lowest BCUT2D eigenvalue weighted by Crippen LogP contribution is -2.47. The summed E-state index contributed by atoms with van der Waals surface area (Å²) in [7, 11) is 0. The van der Waals surface area contributed by atoms with Gasteiger partial charge in [-0.2, -0.15) is 0 Å². The summed E-state index contributed by atoms with van der Waals surface area (Å²) >= 11 is 0. The highest BCUT2D eigenvalue weighted by atomic mass is 16.2. The maximum Gasteiger partial charge on any atom is 0.334 e. The van der Waals surface area contributed by atoms with Crippen LogP contribution in [0.3, 0.4) is 0 Å². The van der Waals surface area contributed by atoms with Gasteiger partial charge in [0.2, 0.25) is 5.91 Å². The minimum atomic E-state index is -0.876. The number of amides is 5. The van der Waals surface area contributed by atoms with Crippen LogP contribution in [0.5, 0.6) is 0 Å². The minimum absolute atomic E-state index is 0.0840. The first kappa shape index (κ1) is 16.9. The Kier molecular flexibility index (Phi) is 4.87. The largest absolute Gasteiger partial charge is 0.352 e. The second kappa shape index (κ2) is 6.91. The average molecular weight is 335 g/mol. The highest BCUT2D eigenvalue weighted by Gasteiger charge is 2.48. The number of urea groups is 1. The lowest BCUT2D eigenvalue weighted by Gasteiger charge is -2.30. The van der Waals surface area contributed by atoms with E-state index in [1.165, 1.54) is 6.42 Å². The molecular formula is C17H25N3O4. The molecule has 3 aliphatic rings. The van der Waals surface area contributed by atoms with E-state index in [4.69, 9.17) is 0 Å². The summed E-state index contributed by atoms with van der Waals surface area (Å²) in [6.07, 6.45) is 7.62. The molecule has 24 heavy (non-hydrogen) atoms. The van der Waals surface area contributed by atoms with Gasteiger partial charge in [0.25, 0.3) is 0 Å². The summed E-state index contributed by atoms with van der Waals surface area (Å²) < 4.78 is 0. The van der Waals surface area contributed by atoms with Gasteiger partial charge in [-0.3, -0.25) is 19.3 Å². The van der Waals surface area contributed by atoms with Crippen molar-refractivity contribution < 1.29 is 19.2 Å². The lowest BCUT2D eigenvalue weighted by atomic mass is 9.86. The fraction of sp³-hybridized carbons (Fsp3) is 0.765. The Balaban J connectivity index is 1.61. The molecule has 1 N–H and O–H groups in total. The third kappa shape index (κ3) is 3.16. The molecule has 2 atom stereocenters. The average Bonchev–Trinajstić information content (AvgIpc) is 3.14. The predicted octanol–water partition coefficient (Wildman–Crippen LogP) is 1.41. The fourth-order valence-corrected chi connectivity index (χ4v) is 4.07. The molecule has 2 saturated carbocycles. The minimum Gasteiger partial charge on any atom is -0.352 e. The topological polar surface area (TPSA) is 86.8 Å². The quantitative estimate of drug-likeness (QED) is 0.622. The van der Waals surface area contributed by atoms with E-state index in [0.29, 0.717) is 5.92 Å². The zero-order valence-corrected chi connectivity index (χ0v) is 14.1. The molecule has 132 valence electrons. The van der Waals surface area contributed by atoms with Gasteiger partial charge in [0.15, 0.2) is 0 Å². The van der Waals surface area contributed by atoms with Crippen LogP contribution in [0.25, 0.3) is 0 Å². The fourth-order valence-electron chi connectivity index (χ4n) is 4.07. The summed E-state index contributed by atoms with van der Waals surface area (Å²) in [4.78, 5) is 50.8. The van der Waals surface area contributed by atoms with Gasteiger partial charge in [0, 0.05) is 12.1 Å². The van der Waals surface area contributed by atoms with Crippen molar-refractivity contribution in [2.24, 2.45) is 5.92 Å². The number of carbonyl (C=O) groups is 4. The molecular weight excluding hydrogens is 310 g/mol. The van der Waals surface area contributed by atoms with E-state index < -0.39 is 17.8 Å². The van der Waals surface area contributed by atoms with Gasteiger partial charge in [0.05, 0.1) is 0 Å². The van der Waals surface area contributed by atoms with Crippen molar-refractivity contribution in [1.82, 2.24) is 15.1 Å². The molecule has 0 aromatic carbocycles. The number of nitrogens with one attached hydrogen (secondary N) is 1. The van der Waals surface area contributed by atoms with Crippen molar-refractivity contribution in [2.75, 3.05) is 6.54 Å². The summed E-state index contributed by atoms with van der Waals surface area (Å²) in [5, 5.41) is 2.92. The first-order chi connectivity index (χ1) is 11.5. The molecule has 7 heteroatoms. The molecule has 0 bridgehead atoms. The molecule has 3 fully saturated rings. The van der Waals surface area contributed by atoms with E-state index in [0.717, 1.165) is 54.7 Å². The third-order valence-corrected chi connectivity index (χ3v) is 5.53. The van der Waals surface area contributed by atoms with Crippen molar-refractivity contribution in [2.45, 2.75) is 70.4 Å². The van der Waals surface area contributed by atoms with E-state index in [2.05, 4.69) is 12.2 Å². The summed E-state index contributed by atoms with van der Waals surface area (Å²) in [6, 6.07) is -0.746. The Hall–Kier alpha value is -1.92. The van der Waals surface area contributed by atoms with Crippen LogP contribution in [0.2, 0.25) is 0 Å². The maximum atomic E-state index is 12.4.